The molecule has 0 saturated carbocycles. The predicted octanol–water partition coefficient (Wildman–Crippen LogP) is 4.73. The highest BCUT2D eigenvalue weighted by Crippen LogP contribution is 2.28. The first-order valence-corrected chi connectivity index (χ1v) is 8.57. The first-order valence-electron chi connectivity index (χ1n) is 8.57. The molecule has 27 heavy (non-hydrogen) atoms. The molecule has 138 valence electrons. The van der Waals surface area contributed by atoms with Crippen molar-refractivity contribution in [3.8, 4) is 17.2 Å². The van der Waals surface area contributed by atoms with Gasteiger partial charge in [-0.15, -0.1) is 0 Å². The van der Waals surface area contributed by atoms with Gasteiger partial charge in [-0.3, -0.25) is 5.43 Å². The minimum atomic E-state index is 0.358. The maximum Gasteiger partial charge on any atom is 0.161 e. The fourth-order valence-electron chi connectivity index (χ4n) is 2.58. The van der Waals surface area contributed by atoms with Crippen LogP contribution < -0.4 is 19.6 Å². The van der Waals surface area contributed by atoms with Crippen LogP contribution in [0.2, 0.25) is 0 Å². The van der Waals surface area contributed by atoms with Crippen LogP contribution in [0, 0.1) is 0 Å². The molecule has 3 aromatic carbocycles. The molecule has 0 fully saturated rings. The first kappa shape index (κ1) is 18.3. The van der Waals surface area contributed by atoms with Crippen LogP contribution in [0.15, 0.2) is 77.9 Å². The Bertz CT molecular complexity index is 895. The van der Waals surface area contributed by atoms with Crippen LogP contribution in [0.25, 0.3) is 0 Å². The molecule has 0 spiro atoms. The fraction of sp³-hybridized carbons (Fsp3) is 0.136. The van der Waals surface area contributed by atoms with Gasteiger partial charge in [0.2, 0.25) is 0 Å². The zero-order valence-electron chi connectivity index (χ0n) is 15.4. The van der Waals surface area contributed by atoms with E-state index in [1.165, 1.54) is 0 Å². The minimum absolute atomic E-state index is 0.358. The lowest BCUT2D eigenvalue weighted by atomic mass is 10.1. The summed E-state index contributed by atoms with van der Waals surface area (Å²) in [6, 6.07) is 23.2. The van der Waals surface area contributed by atoms with E-state index >= 15 is 0 Å². The number of anilines is 1. The zero-order valence-corrected chi connectivity index (χ0v) is 15.4. The number of hydrogen-bond acceptors (Lipinski definition) is 5. The average Bonchev–Trinajstić information content (AvgIpc) is 2.73. The molecular weight excluding hydrogens is 340 g/mol. The summed E-state index contributed by atoms with van der Waals surface area (Å²) in [7, 11) is 3.27. The van der Waals surface area contributed by atoms with E-state index in [0.717, 1.165) is 22.6 Å². The number of nitrogens with one attached hydrogen (secondary N) is 1. The molecule has 0 aliphatic rings. The lowest BCUT2D eigenvalue weighted by molar-refractivity contribution is 0.278. The highest BCUT2D eigenvalue weighted by molar-refractivity contribution is 5.81. The molecule has 3 rings (SSSR count). The molecule has 0 aliphatic carbocycles. The van der Waals surface area contributed by atoms with Crippen LogP contribution in [0.5, 0.6) is 17.2 Å². The van der Waals surface area contributed by atoms with Crippen molar-refractivity contribution in [1.82, 2.24) is 0 Å². The van der Waals surface area contributed by atoms with E-state index in [2.05, 4.69) is 10.5 Å². The van der Waals surface area contributed by atoms with Crippen molar-refractivity contribution in [2.24, 2.45) is 5.10 Å². The summed E-state index contributed by atoms with van der Waals surface area (Å²) < 4.78 is 16.7. The Morgan fingerprint density at radius 3 is 2.26 bits per heavy atom. The Labute approximate surface area is 159 Å². The van der Waals surface area contributed by atoms with Crippen molar-refractivity contribution in [2.45, 2.75) is 6.61 Å². The van der Waals surface area contributed by atoms with Gasteiger partial charge >= 0.3 is 0 Å². The Kier molecular flexibility index (Phi) is 6.30. The van der Waals surface area contributed by atoms with Gasteiger partial charge in [0.15, 0.2) is 11.5 Å². The number of para-hydroxylation sites is 3. The molecule has 0 bridgehead atoms. The third-order valence-corrected chi connectivity index (χ3v) is 3.94. The summed E-state index contributed by atoms with van der Waals surface area (Å²) in [4.78, 5) is 0. The number of benzene rings is 3. The summed E-state index contributed by atoms with van der Waals surface area (Å²) in [6.07, 6.45) is 1.76. The van der Waals surface area contributed by atoms with Crippen molar-refractivity contribution in [1.29, 1.82) is 0 Å². The minimum Gasteiger partial charge on any atom is -0.496 e. The largest absolute Gasteiger partial charge is 0.496 e. The summed E-state index contributed by atoms with van der Waals surface area (Å²) in [6.45, 7) is 0.358. The van der Waals surface area contributed by atoms with Gasteiger partial charge in [-0.1, -0.05) is 30.3 Å². The van der Waals surface area contributed by atoms with Crippen LogP contribution in [-0.2, 0) is 6.61 Å². The van der Waals surface area contributed by atoms with Crippen molar-refractivity contribution in [2.75, 3.05) is 19.6 Å². The normalized spacial score (nSPS) is 10.6. The quantitative estimate of drug-likeness (QED) is 0.465. The Balaban J connectivity index is 1.71. The van der Waals surface area contributed by atoms with Crippen LogP contribution in [-0.4, -0.2) is 20.4 Å². The molecule has 0 aromatic heterocycles. The highest BCUT2D eigenvalue weighted by Gasteiger charge is 2.08. The van der Waals surface area contributed by atoms with Crippen molar-refractivity contribution >= 4 is 11.9 Å². The monoisotopic (exact) mass is 362 g/mol. The molecule has 5 heteroatoms. The molecule has 0 unspecified atom stereocenters. The molecule has 3 aromatic rings. The van der Waals surface area contributed by atoms with Gasteiger partial charge in [-0.2, -0.15) is 5.10 Å². The second-order valence-electron chi connectivity index (χ2n) is 5.75. The highest BCUT2D eigenvalue weighted by atomic mass is 16.5. The van der Waals surface area contributed by atoms with Gasteiger partial charge in [0.1, 0.15) is 12.4 Å². The topological polar surface area (TPSA) is 52.1 Å². The molecule has 0 atom stereocenters. The van der Waals surface area contributed by atoms with E-state index in [1.807, 2.05) is 72.8 Å². The number of ether oxygens (including phenoxy) is 3. The van der Waals surface area contributed by atoms with E-state index < -0.39 is 0 Å². The van der Waals surface area contributed by atoms with Crippen LogP contribution >= 0.6 is 0 Å². The smallest absolute Gasteiger partial charge is 0.161 e. The Morgan fingerprint density at radius 2 is 1.52 bits per heavy atom. The second-order valence-corrected chi connectivity index (χ2v) is 5.75. The summed E-state index contributed by atoms with van der Waals surface area (Å²) >= 11 is 0. The number of rotatable bonds is 8. The summed E-state index contributed by atoms with van der Waals surface area (Å²) in [5.41, 5.74) is 5.80. The first-order chi connectivity index (χ1) is 13.3. The van der Waals surface area contributed by atoms with Gasteiger partial charge in [0.05, 0.1) is 26.1 Å². The zero-order chi connectivity index (χ0) is 18.9. The third-order valence-electron chi connectivity index (χ3n) is 3.94. The molecule has 1 N–H and O–H groups in total. The van der Waals surface area contributed by atoms with Crippen molar-refractivity contribution < 1.29 is 14.2 Å². The Hall–Kier alpha value is -3.47. The summed E-state index contributed by atoms with van der Waals surface area (Å²) in [5.74, 6) is 2.14. The molecule has 0 radical (unpaired) electrons. The van der Waals surface area contributed by atoms with Gasteiger partial charge in [-0.05, 0) is 48.0 Å². The number of nitrogens with zero attached hydrogens (tertiary/aromatic N) is 1. The fourth-order valence-corrected chi connectivity index (χ4v) is 2.58. The maximum absolute atomic E-state index is 5.92. The number of methoxy groups -OCH3 is 2. The average molecular weight is 362 g/mol. The maximum atomic E-state index is 5.92. The second kappa shape index (κ2) is 9.29. The van der Waals surface area contributed by atoms with E-state index in [4.69, 9.17) is 14.2 Å². The van der Waals surface area contributed by atoms with Crippen molar-refractivity contribution in [3.05, 3.63) is 83.9 Å². The molecule has 0 heterocycles. The third kappa shape index (κ3) is 5.01. The van der Waals surface area contributed by atoms with E-state index in [9.17, 15) is 0 Å². The molecule has 0 saturated heterocycles. The van der Waals surface area contributed by atoms with Crippen molar-refractivity contribution in [3.63, 3.8) is 0 Å². The molecule has 0 amide bonds. The molecule has 0 aliphatic heterocycles. The van der Waals surface area contributed by atoms with Gasteiger partial charge in [0.25, 0.3) is 0 Å². The number of hydrazone groups is 1. The van der Waals surface area contributed by atoms with Gasteiger partial charge in [-0.25, -0.2) is 0 Å². The van der Waals surface area contributed by atoms with Gasteiger partial charge in [0, 0.05) is 5.56 Å². The lowest BCUT2D eigenvalue weighted by Gasteiger charge is -2.13. The Morgan fingerprint density at radius 1 is 0.815 bits per heavy atom. The van der Waals surface area contributed by atoms with E-state index in [1.54, 1.807) is 20.4 Å². The van der Waals surface area contributed by atoms with E-state index in [-0.39, 0.29) is 0 Å². The molecular formula is C22H22N2O3. The standard InChI is InChI=1S/C22H22N2O3/c1-25-20-13-12-17(15-23-24-19-8-4-3-5-9-19)14-18(20)16-27-22-11-7-6-10-21(22)26-2/h3-15,24H,16H2,1-2H3. The van der Waals surface area contributed by atoms with Crippen LogP contribution in [0.1, 0.15) is 11.1 Å². The van der Waals surface area contributed by atoms with Gasteiger partial charge < -0.3 is 14.2 Å². The van der Waals surface area contributed by atoms with Crippen LogP contribution in [0.3, 0.4) is 0 Å². The lowest BCUT2D eigenvalue weighted by Crippen LogP contribution is -2.01. The SMILES string of the molecule is COc1ccc(C=NNc2ccccc2)cc1COc1ccccc1OC. The predicted molar refractivity (Wildman–Crippen MR) is 108 cm³/mol. The van der Waals surface area contributed by atoms with Crippen LogP contribution in [0.4, 0.5) is 5.69 Å². The molecule has 5 nitrogen and oxygen atoms in total. The van der Waals surface area contributed by atoms with E-state index in [0.29, 0.717) is 18.1 Å². The number of hydrogen-bond donors (Lipinski definition) is 1. The summed E-state index contributed by atoms with van der Waals surface area (Å²) in [5, 5.41) is 4.28.